The summed E-state index contributed by atoms with van der Waals surface area (Å²) >= 11 is 0. The second-order valence-electron chi connectivity index (χ2n) is 8.41. The first-order valence-electron chi connectivity index (χ1n) is 9.73. The number of hydrogen-bond donors (Lipinski definition) is 0. The molecule has 2 atom stereocenters. The van der Waals surface area contributed by atoms with Crippen LogP contribution in [0.25, 0.3) is 16.3 Å². The average molecular weight is 381 g/mol. The first-order valence-corrected chi connectivity index (χ1v) is 9.73. The van der Waals surface area contributed by atoms with Gasteiger partial charge in [0.25, 0.3) is 0 Å². The van der Waals surface area contributed by atoms with E-state index >= 15 is 0 Å². The maximum absolute atomic E-state index is 12.8. The summed E-state index contributed by atoms with van der Waals surface area (Å²) in [6.45, 7) is 6.67. The Morgan fingerprint density at radius 2 is 1.93 bits per heavy atom. The fourth-order valence-electron chi connectivity index (χ4n) is 4.13. The molecule has 0 aliphatic carbocycles. The van der Waals surface area contributed by atoms with Crippen molar-refractivity contribution >= 4 is 22.4 Å². The van der Waals surface area contributed by atoms with E-state index in [2.05, 4.69) is 24.3 Å². The quantitative estimate of drug-likeness (QED) is 0.760. The number of fused-ring (bicyclic) bond motifs is 3. The Balaban J connectivity index is 1.76. The Bertz CT molecular complexity index is 928. The summed E-state index contributed by atoms with van der Waals surface area (Å²) in [5, 5.41) is 2.34. The maximum atomic E-state index is 12.8. The highest BCUT2D eigenvalue weighted by molar-refractivity contribution is 5.97. The molecule has 4 rings (SSSR count). The van der Waals surface area contributed by atoms with Crippen molar-refractivity contribution in [1.29, 1.82) is 0 Å². The van der Waals surface area contributed by atoms with Crippen LogP contribution in [0.5, 0.6) is 5.75 Å². The van der Waals surface area contributed by atoms with Crippen molar-refractivity contribution in [3.8, 4) is 5.75 Å². The molecule has 1 fully saturated rings. The minimum Gasteiger partial charge on any atom is -0.496 e. The summed E-state index contributed by atoms with van der Waals surface area (Å²) in [4.78, 5) is 14.6. The van der Waals surface area contributed by atoms with Gasteiger partial charge in [-0.3, -0.25) is 4.90 Å². The predicted molar refractivity (Wildman–Crippen MR) is 110 cm³/mol. The number of ether oxygens (including phenoxy) is 3. The van der Waals surface area contributed by atoms with Crippen molar-refractivity contribution in [2.24, 2.45) is 0 Å². The average Bonchev–Trinajstić information content (AvgIpc) is 2.64. The highest BCUT2D eigenvalue weighted by Crippen LogP contribution is 2.40. The minimum atomic E-state index is -0.519. The topological polar surface area (TPSA) is 48.0 Å². The predicted octanol–water partition coefficient (Wildman–Crippen LogP) is 4.64. The monoisotopic (exact) mass is 381 g/mol. The van der Waals surface area contributed by atoms with E-state index in [1.165, 1.54) is 11.0 Å². The molecule has 0 N–H and O–H groups in total. The third-order valence-corrected chi connectivity index (χ3v) is 5.23. The summed E-state index contributed by atoms with van der Waals surface area (Å²) in [6, 6.07) is 12.2. The molecule has 2 aliphatic rings. The number of hydrogen-bond acceptors (Lipinski definition) is 4. The van der Waals surface area contributed by atoms with Crippen LogP contribution in [0.1, 0.15) is 32.8 Å². The fourth-order valence-corrected chi connectivity index (χ4v) is 4.13. The van der Waals surface area contributed by atoms with E-state index in [1.54, 1.807) is 7.11 Å². The number of nitrogens with zero attached hydrogens (tertiary/aromatic N) is 1. The normalized spacial score (nSPS) is 22.0. The molecule has 2 aliphatic heterocycles. The zero-order valence-electron chi connectivity index (χ0n) is 16.9. The van der Waals surface area contributed by atoms with Gasteiger partial charge in [-0.15, -0.1) is 0 Å². The molecule has 2 heterocycles. The lowest BCUT2D eigenvalue weighted by atomic mass is 9.87. The molecule has 5 nitrogen and oxygen atoms in total. The Morgan fingerprint density at radius 1 is 1.14 bits per heavy atom. The van der Waals surface area contributed by atoms with Gasteiger partial charge in [-0.05, 0) is 49.6 Å². The van der Waals surface area contributed by atoms with Gasteiger partial charge in [-0.25, -0.2) is 4.79 Å². The third-order valence-electron chi connectivity index (χ3n) is 5.23. The molecule has 28 heavy (non-hydrogen) atoms. The second kappa shape index (κ2) is 7.13. The lowest BCUT2D eigenvalue weighted by Crippen LogP contribution is -2.57. The standard InChI is InChI=1S/C23H27NO4/c1-23(2,3)28-22(25)24-17-11-16(12-18(24)14-27-13-17)21-19-8-6-5-7-15(19)9-10-20(21)26-4/h5-11,17-18H,12-14H2,1-4H3. The number of carbonyl (C=O) groups is 1. The molecule has 0 aromatic heterocycles. The molecule has 2 bridgehead atoms. The highest BCUT2D eigenvalue weighted by Gasteiger charge is 2.40. The van der Waals surface area contributed by atoms with Crippen molar-refractivity contribution in [3.05, 3.63) is 48.0 Å². The molecule has 0 radical (unpaired) electrons. The Morgan fingerprint density at radius 3 is 2.64 bits per heavy atom. The van der Waals surface area contributed by atoms with E-state index in [-0.39, 0.29) is 18.2 Å². The zero-order valence-corrected chi connectivity index (χ0v) is 16.9. The first kappa shape index (κ1) is 18.8. The van der Waals surface area contributed by atoms with Gasteiger partial charge in [0.1, 0.15) is 11.4 Å². The van der Waals surface area contributed by atoms with Crippen LogP contribution in [-0.2, 0) is 9.47 Å². The molecule has 0 saturated carbocycles. The number of methoxy groups -OCH3 is 1. The van der Waals surface area contributed by atoms with E-state index < -0.39 is 5.60 Å². The van der Waals surface area contributed by atoms with E-state index in [1.807, 2.05) is 43.9 Å². The number of benzene rings is 2. The molecule has 2 aromatic rings. The van der Waals surface area contributed by atoms with Crippen LogP contribution in [0.4, 0.5) is 4.79 Å². The summed E-state index contributed by atoms with van der Waals surface area (Å²) in [6.07, 6.45) is 2.58. The smallest absolute Gasteiger partial charge is 0.411 e. The Labute approximate surface area is 165 Å². The van der Waals surface area contributed by atoms with Crippen LogP contribution >= 0.6 is 0 Å². The van der Waals surface area contributed by atoms with Crippen molar-refractivity contribution in [2.45, 2.75) is 44.9 Å². The molecule has 1 amide bonds. The lowest BCUT2D eigenvalue weighted by molar-refractivity contribution is -0.0510. The van der Waals surface area contributed by atoms with Crippen LogP contribution in [0.2, 0.25) is 0 Å². The SMILES string of the molecule is COc1ccc2ccccc2c1C1=CC2COCC(C1)N2C(=O)OC(C)(C)C. The summed E-state index contributed by atoms with van der Waals surface area (Å²) in [5.41, 5.74) is 1.79. The molecule has 2 aromatic carbocycles. The number of amides is 1. The van der Waals surface area contributed by atoms with Gasteiger partial charge in [-0.1, -0.05) is 36.4 Å². The minimum absolute atomic E-state index is 0.0442. The van der Waals surface area contributed by atoms with E-state index in [0.29, 0.717) is 19.6 Å². The molecule has 0 spiro atoms. The van der Waals surface area contributed by atoms with Gasteiger partial charge < -0.3 is 14.2 Å². The zero-order chi connectivity index (χ0) is 19.9. The largest absolute Gasteiger partial charge is 0.496 e. The van der Waals surface area contributed by atoms with Gasteiger partial charge in [-0.2, -0.15) is 0 Å². The summed E-state index contributed by atoms with van der Waals surface area (Å²) in [7, 11) is 1.70. The van der Waals surface area contributed by atoms with Crippen LogP contribution in [-0.4, -0.2) is 49.0 Å². The molecule has 1 saturated heterocycles. The summed E-state index contributed by atoms with van der Waals surface area (Å²) in [5.74, 6) is 0.856. The summed E-state index contributed by atoms with van der Waals surface area (Å²) < 4.78 is 17.1. The van der Waals surface area contributed by atoms with Gasteiger partial charge >= 0.3 is 6.09 Å². The van der Waals surface area contributed by atoms with Crippen molar-refractivity contribution < 1.29 is 19.0 Å². The number of carbonyl (C=O) groups excluding carboxylic acids is 1. The van der Waals surface area contributed by atoms with Crippen molar-refractivity contribution in [1.82, 2.24) is 4.90 Å². The Hall–Kier alpha value is -2.53. The first-order chi connectivity index (χ1) is 13.4. The lowest BCUT2D eigenvalue weighted by Gasteiger charge is -2.44. The maximum Gasteiger partial charge on any atom is 0.411 e. The van der Waals surface area contributed by atoms with Crippen molar-refractivity contribution in [3.63, 3.8) is 0 Å². The van der Waals surface area contributed by atoms with Crippen LogP contribution in [0.15, 0.2) is 42.5 Å². The van der Waals surface area contributed by atoms with Gasteiger partial charge in [0.15, 0.2) is 0 Å². The van der Waals surface area contributed by atoms with Crippen molar-refractivity contribution in [2.75, 3.05) is 20.3 Å². The third kappa shape index (κ3) is 3.47. The Kier molecular flexibility index (Phi) is 4.79. The molecular weight excluding hydrogens is 354 g/mol. The molecular formula is C23H27NO4. The fraction of sp³-hybridized carbons (Fsp3) is 0.435. The van der Waals surface area contributed by atoms with Crippen LogP contribution < -0.4 is 4.74 Å². The van der Waals surface area contributed by atoms with E-state index in [4.69, 9.17) is 14.2 Å². The molecule has 2 unspecified atom stereocenters. The molecule has 148 valence electrons. The number of rotatable bonds is 2. The van der Waals surface area contributed by atoms with Gasteiger partial charge in [0, 0.05) is 5.56 Å². The highest BCUT2D eigenvalue weighted by atomic mass is 16.6. The second-order valence-corrected chi connectivity index (χ2v) is 8.41. The van der Waals surface area contributed by atoms with Gasteiger partial charge in [0.05, 0.1) is 32.4 Å². The van der Waals surface area contributed by atoms with Gasteiger partial charge in [0.2, 0.25) is 0 Å². The number of morpholine rings is 1. The van der Waals surface area contributed by atoms with Crippen LogP contribution in [0, 0.1) is 0 Å². The van der Waals surface area contributed by atoms with E-state index in [9.17, 15) is 4.79 Å². The molecule has 5 heteroatoms. The van der Waals surface area contributed by atoms with E-state index in [0.717, 1.165) is 16.7 Å². The van der Waals surface area contributed by atoms with Crippen LogP contribution in [0.3, 0.4) is 0 Å².